The fourth-order valence-electron chi connectivity index (χ4n) is 3.01. The summed E-state index contributed by atoms with van der Waals surface area (Å²) in [6, 6.07) is -0.261. The highest BCUT2D eigenvalue weighted by Crippen LogP contribution is 2.22. The number of aromatic nitrogens is 2. The minimum Gasteiger partial charge on any atom is -0.376 e. The van der Waals surface area contributed by atoms with Crippen LogP contribution in [0.2, 0.25) is 0 Å². The van der Waals surface area contributed by atoms with Crippen molar-refractivity contribution in [1.29, 1.82) is 0 Å². The molecule has 7 nitrogen and oxygen atoms in total. The van der Waals surface area contributed by atoms with Crippen LogP contribution in [0, 0.1) is 6.92 Å². The number of carbonyl (C=O) groups is 2. The van der Waals surface area contributed by atoms with Crippen molar-refractivity contribution >= 4 is 11.8 Å². The van der Waals surface area contributed by atoms with E-state index in [4.69, 9.17) is 4.74 Å². The van der Waals surface area contributed by atoms with E-state index in [1.54, 1.807) is 6.92 Å². The molecule has 0 spiro atoms. The fourth-order valence-corrected chi connectivity index (χ4v) is 3.01. The molecule has 0 radical (unpaired) electrons. The molecule has 2 aliphatic heterocycles. The Hall–Kier alpha value is -1.89. The standard InChI is InChI=1S/C14H20N4O3/c1-8-15-7-10(16-8)14(20)17-9-4-5-12(19)18-13(9)11-3-2-6-21-11/h7,9,11,13H,2-6H2,1H3,(H,15,16)(H,17,20)(H,18,19)/t9-,11?,13-/m0/s1. The summed E-state index contributed by atoms with van der Waals surface area (Å²) in [6.07, 6.45) is 4.49. The lowest BCUT2D eigenvalue weighted by Gasteiger charge is -2.35. The van der Waals surface area contributed by atoms with Gasteiger partial charge in [0, 0.05) is 13.0 Å². The average molecular weight is 292 g/mol. The van der Waals surface area contributed by atoms with Crippen molar-refractivity contribution in [2.75, 3.05) is 6.61 Å². The summed E-state index contributed by atoms with van der Waals surface area (Å²) in [6.45, 7) is 2.52. The number of rotatable bonds is 3. The summed E-state index contributed by atoms with van der Waals surface area (Å²) in [7, 11) is 0. The van der Waals surface area contributed by atoms with E-state index in [-0.39, 0.29) is 30.0 Å². The highest BCUT2D eigenvalue weighted by molar-refractivity contribution is 5.92. The van der Waals surface area contributed by atoms with Crippen molar-refractivity contribution in [3.8, 4) is 0 Å². The number of nitrogens with one attached hydrogen (secondary N) is 3. The van der Waals surface area contributed by atoms with Gasteiger partial charge >= 0.3 is 0 Å². The largest absolute Gasteiger partial charge is 0.376 e. The predicted octanol–water partition coefficient (Wildman–Crippen LogP) is 0.274. The second kappa shape index (κ2) is 5.85. The van der Waals surface area contributed by atoms with Gasteiger partial charge < -0.3 is 20.4 Å². The monoisotopic (exact) mass is 292 g/mol. The molecular formula is C14H20N4O3. The molecule has 0 aromatic carbocycles. The van der Waals surface area contributed by atoms with Crippen molar-refractivity contribution < 1.29 is 14.3 Å². The maximum absolute atomic E-state index is 12.2. The summed E-state index contributed by atoms with van der Waals surface area (Å²) >= 11 is 0. The van der Waals surface area contributed by atoms with Gasteiger partial charge in [0.25, 0.3) is 5.91 Å². The molecule has 3 rings (SSSR count). The summed E-state index contributed by atoms with van der Waals surface area (Å²) in [5.74, 6) is 0.533. The van der Waals surface area contributed by atoms with Gasteiger partial charge in [-0.25, -0.2) is 4.98 Å². The third-order valence-electron chi connectivity index (χ3n) is 4.07. The van der Waals surface area contributed by atoms with E-state index in [1.807, 2.05) is 0 Å². The van der Waals surface area contributed by atoms with E-state index in [9.17, 15) is 9.59 Å². The predicted molar refractivity (Wildman–Crippen MR) is 74.7 cm³/mol. The number of aryl methyl sites for hydroxylation is 1. The molecule has 0 bridgehead atoms. The Morgan fingerprint density at radius 1 is 1.48 bits per heavy atom. The second-order valence-electron chi connectivity index (χ2n) is 5.65. The Labute approximate surface area is 122 Å². The number of nitrogens with zero attached hydrogens (tertiary/aromatic N) is 1. The van der Waals surface area contributed by atoms with Crippen LogP contribution in [0.25, 0.3) is 0 Å². The Morgan fingerprint density at radius 3 is 3.00 bits per heavy atom. The van der Waals surface area contributed by atoms with Crippen LogP contribution in [0.4, 0.5) is 0 Å². The third-order valence-corrected chi connectivity index (χ3v) is 4.07. The molecule has 3 heterocycles. The number of carbonyl (C=O) groups excluding carboxylic acids is 2. The Balaban J connectivity index is 1.69. The molecule has 3 atom stereocenters. The Morgan fingerprint density at radius 2 is 2.33 bits per heavy atom. The number of amides is 2. The van der Waals surface area contributed by atoms with E-state index in [0.717, 1.165) is 19.4 Å². The number of hydrogen-bond acceptors (Lipinski definition) is 4. The lowest BCUT2D eigenvalue weighted by atomic mass is 9.92. The molecule has 7 heteroatoms. The Kier molecular flexibility index (Phi) is 3.92. The average Bonchev–Trinajstić information content (AvgIpc) is 3.11. The molecule has 0 aliphatic carbocycles. The van der Waals surface area contributed by atoms with Crippen LogP contribution in [-0.2, 0) is 9.53 Å². The molecule has 3 N–H and O–H groups in total. The molecule has 21 heavy (non-hydrogen) atoms. The summed E-state index contributed by atoms with van der Waals surface area (Å²) in [5, 5.41) is 5.96. The van der Waals surface area contributed by atoms with Crippen LogP contribution in [0.15, 0.2) is 6.20 Å². The number of aromatic amines is 1. The smallest absolute Gasteiger partial charge is 0.269 e. The van der Waals surface area contributed by atoms with E-state index in [2.05, 4.69) is 20.6 Å². The molecule has 114 valence electrons. The van der Waals surface area contributed by atoms with Gasteiger partial charge in [0.05, 0.1) is 24.4 Å². The highest BCUT2D eigenvalue weighted by atomic mass is 16.5. The van der Waals surface area contributed by atoms with Gasteiger partial charge in [-0.05, 0) is 26.2 Å². The molecule has 2 aliphatic rings. The minimum atomic E-state index is -0.195. The van der Waals surface area contributed by atoms with Crippen LogP contribution in [0.1, 0.15) is 42.0 Å². The first kappa shape index (κ1) is 14.1. The SMILES string of the molecule is Cc1ncc(C(=O)N[C@H]2CCC(=O)N[C@@H]2C2CCCO2)[nH]1. The van der Waals surface area contributed by atoms with Crippen LogP contribution in [0.3, 0.4) is 0 Å². The van der Waals surface area contributed by atoms with Crippen molar-refractivity contribution in [3.63, 3.8) is 0 Å². The molecule has 1 unspecified atom stereocenters. The van der Waals surface area contributed by atoms with Crippen LogP contribution >= 0.6 is 0 Å². The highest BCUT2D eigenvalue weighted by Gasteiger charge is 2.37. The second-order valence-corrected chi connectivity index (χ2v) is 5.65. The van der Waals surface area contributed by atoms with Crippen molar-refractivity contribution in [2.24, 2.45) is 0 Å². The van der Waals surface area contributed by atoms with Crippen LogP contribution in [0.5, 0.6) is 0 Å². The third kappa shape index (κ3) is 3.07. The number of piperidine rings is 1. The summed E-state index contributed by atoms with van der Waals surface area (Å²) < 4.78 is 5.68. The molecular weight excluding hydrogens is 272 g/mol. The maximum Gasteiger partial charge on any atom is 0.269 e. The first-order valence-corrected chi connectivity index (χ1v) is 7.37. The number of imidazole rings is 1. The molecule has 0 saturated carbocycles. The van der Waals surface area contributed by atoms with E-state index < -0.39 is 0 Å². The molecule has 2 saturated heterocycles. The van der Waals surface area contributed by atoms with Gasteiger partial charge in [-0.2, -0.15) is 0 Å². The zero-order chi connectivity index (χ0) is 14.8. The van der Waals surface area contributed by atoms with Crippen molar-refractivity contribution in [1.82, 2.24) is 20.6 Å². The lowest BCUT2D eigenvalue weighted by Crippen LogP contribution is -2.60. The summed E-state index contributed by atoms with van der Waals surface area (Å²) in [4.78, 5) is 30.8. The molecule has 2 amide bonds. The van der Waals surface area contributed by atoms with Gasteiger partial charge in [0.1, 0.15) is 11.5 Å². The van der Waals surface area contributed by atoms with Crippen LogP contribution < -0.4 is 10.6 Å². The van der Waals surface area contributed by atoms with Gasteiger partial charge in [-0.15, -0.1) is 0 Å². The zero-order valence-electron chi connectivity index (χ0n) is 12.0. The maximum atomic E-state index is 12.2. The van der Waals surface area contributed by atoms with Crippen LogP contribution in [-0.4, -0.2) is 46.6 Å². The van der Waals surface area contributed by atoms with Gasteiger partial charge in [0.15, 0.2) is 0 Å². The fraction of sp³-hybridized carbons (Fsp3) is 0.643. The molecule has 1 aromatic heterocycles. The van der Waals surface area contributed by atoms with Gasteiger partial charge in [-0.3, -0.25) is 9.59 Å². The van der Waals surface area contributed by atoms with Gasteiger partial charge in [-0.1, -0.05) is 0 Å². The number of ether oxygens (including phenoxy) is 1. The van der Waals surface area contributed by atoms with Crippen molar-refractivity contribution in [3.05, 3.63) is 17.7 Å². The molecule has 1 aromatic rings. The number of hydrogen-bond donors (Lipinski definition) is 3. The van der Waals surface area contributed by atoms with Gasteiger partial charge in [0.2, 0.25) is 5.91 Å². The quantitative estimate of drug-likeness (QED) is 0.745. The first-order valence-electron chi connectivity index (χ1n) is 7.37. The van der Waals surface area contributed by atoms with E-state index in [1.165, 1.54) is 6.20 Å². The van der Waals surface area contributed by atoms with Crippen molar-refractivity contribution in [2.45, 2.75) is 50.8 Å². The molecule has 2 fully saturated rings. The number of H-pyrrole nitrogens is 1. The minimum absolute atomic E-state index is 0.0111. The van der Waals surface area contributed by atoms with E-state index >= 15 is 0 Å². The van der Waals surface area contributed by atoms with E-state index in [0.29, 0.717) is 24.4 Å². The zero-order valence-corrected chi connectivity index (χ0v) is 12.0. The Bertz CT molecular complexity index is 536. The summed E-state index contributed by atoms with van der Waals surface area (Å²) in [5.41, 5.74) is 0.440. The normalized spacial score (nSPS) is 29.2. The topological polar surface area (TPSA) is 96.1 Å². The first-order chi connectivity index (χ1) is 10.1. The lowest BCUT2D eigenvalue weighted by molar-refractivity contribution is -0.125.